The van der Waals surface area contributed by atoms with Crippen LogP contribution in [0.2, 0.25) is 0 Å². The Bertz CT molecular complexity index is 790. The largest absolute Gasteiger partial charge is 0.368 e. The predicted molar refractivity (Wildman–Crippen MR) is 94.4 cm³/mol. The summed E-state index contributed by atoms with van der Waals surface area (Å²) in [6.45, 7) is 0.545. The molecule has 0 radical (unpaired) electrons. The van der Waals surface area contributed by atoms with Crippen molar-refractivity contribution in [3.63, 3.8) is 0 Å². The maximum Gasteiger partial charge on any atom is 0.240 e. The molecule has 24 heavy (non-hydrogen) atoms. The number of aromatic nitrogens is 2. The van der Waals surface area contributed by atoms with Crippen LogP contribution in [0, 0.1) is 0 Å². The van der Waals surface area contributed by atoms with Gasteiger partial charge in [0, 0.05) is 42.6 Å². The SMILES string of the molecule is NC(=O)C(NCc1ccncc1Cc1cccnc1)c1cccs1. The lowest BCUT2D eigenvalue weighted by atomic mass is 10.0. The summed E-state index contributed by atoms with van der Waals surface area (Å²) in [6.07, 6.45) is 7.97. The van der Waals surface area contributed by atoms with Crippen LogP contribution in [0.4, 0.5) is 0 Å². The second-order valence-electron chi connectivity index (χ2n) is 5.41. The van der Waals surface area contributed by atoms with E-state index in [1.807, 2.05) is 48.1 Å². The molecule has 3 N–H and O–H groups in total. The molecule has 0 aliphatic rings. The highest BCUT2D eigenvalue weighted by Crippen LogP contribution is 2.20. The normalized spacial score (nSPS) is 12.0. The van der Waals surface area contributed by atoms with Crippen LogP contribution in [-0.4, -0.2) is 15.9 Å². The highest BCUT2D eigenvalue weighted by Gasteiger charge is 2.18. The average molecular weight is 338 g/mol. The third-order valence-electron chi connectivity index (χ3n) is 3.73. The molecule has 5 nitrogen and oxygen atoms in total. The van der Waals surface area contributed by atoms with E-state index >= 15 is 0 Å². The van der Waals surface area contributed by atoms with Gasteiger partial charge in [0.05, 0.1) is 0 Å². The summed E-state index contributed by atoms with van der Waals surface area (Å²) in [7, 11) is 0. The van der Waals surface area contributed by atoms with E-state index in [9.17, 15) is 4.79 Å². The van der Waals surface area contributed by atoms with Gasteiger partial charge in [-0.2, -0.15) is 0 Å². The lowest BCUT2D eigenvalue weighted by Crippen LogP contribution is -2.32. The number of carbonyl (C=O) groups excluding carboxylic acids is 1. The quantitative estimate of drug-likeness (QED) is 0.693. The van der Waals surface area contributed by atoms with Crippen LogP contribution in [0.15, 0.2) is 60.5 Å². The topological polar surface area (TPSA) is 80.9 Å². The fourth-order valence-electron chi connectivity index (χ4n) is 2.52. The highest BCUT2D eigenvalue weighted by atomic mass is 32.1. The number of carbonyl (C=O) groups is 1. The number of hydrogen-bond donors (Lipinski definition) is 2. The van der Waals surface area contributed by atoms with Crippen LogP contribution in [0.5, 0.6) is 0 Å². The number of hydrogen-bond acceptors (Lipinski definition) is 5. The molecule has 1 atom stereocenters. The summed E-state index contributed by atoms with van der Waals surface area (Å²) < 4.78 is 0. The third-order valence-corrected chi connectivity index (χ3v) is 4.67. The molecule has 0 aliphatic carbocycles. The van der Waals surface area contributed by atoms with Crippen molar-refractivity contribution in [3.8, 4) is 0 Å². The molecule has 0 fully saturated rings. The molecule has 0 saturated carbocycles. The van der Waals surface area contributed by atoms with Crippen LogP contribution in [0.3, 0.4) is 0 Å². The summed E-state index contributed by atoms with van der Waals surface area (Å²) >= 11 is 1.52. The Labute approximate surface area is 144 Å². The molecule has 0 bridgehead atoms. The Morgan fingerprint density at radius 2 is 2.00 bits per heavy atom. The van der Waals surface area contributed by atoms with E-state index in [1.165, 1.54) is 11.3 Å². The molecule has 0 saturated heterocycles. The molecule has 0 spiro atoms. The van der Waals surface area contributed by atoms with Gasteiger partial charge in [-0.15, -0.1) is 11.3 Å². The molecule has 1 unspecified atom stereocenters. The van der Waals surface area contributed by atoms with E-state index in [4.69, 9.17) is 5.73 Å². The van der Waals surface area contributed by atoms with E-state index in [0.717, 1.165) is 28.0 Å². The van der Waals surface area contributed by atoms with Crippen molar-refractivity contribution in [2.75, 3.05) is 0 Å². The Morgan fingerprint density at radius 3 is 2.71 bits per heavy atom. The van der Waals surface area contributed by atoms with Crippen molar-refractivity contribution in [3.05, 3.63) is 82.1 Å². The molecule has 0 aromatic carbocycles. The molecule has 3 aromatic rings. The number of thiophene rings is 1. The number of nitrogens with one attached hydrogen (secondary N) is 1. The maximum atomic E-state index is 11.7. The first-order valence-electron chi connectivity index (χ1n) is 7.61. The van der Waals surface area contributed by atoms with Crippen molar-refractivity contribution in [1.29, 1.82) is 0 Å². The number of nitrogens with two attached hydrogens (primary N) is 1. The van der Waals surface area contributed by atoms with Crippen LogP contribution >= 0.6 is 11.3 Å². The molecule has 6 heteroatoms. The summed E-state index contributed by atoms with van der Waals surface area (Å²) in [6, 6.07) is 9.27. The first kappa shape index (κ1) is 16.3. The van der Waals surface area contributed by atoms with Crippen molar-refractivity contribution in [2.24, 2.45) is 5.73 Å². The minimum atomic E-state index is -0.482. The number of nitrogens with zero attached hydrogens (tertiary/aromatic N) is 2. The lowest BCUT2D eigenvalue weighted by Gasteiger charge is -2.16. The van der Waals surface area contributed by atoms with Crippen molar-refractivity contribution >= 4 is 17.2 Å². The number of pyridine rings is 2. The van der Waals surface area contributed by atoms with Gasteiger partial charge < -0.3 is 5.73 Å². The van der Waals surface area contributed by atoms with Crippen molar-refractivity contribution in [2.45, 2.75) is 19.0 Å². The fraction of sp³-hybridized carbons (Fsp3) is 0.167. The molecule has 3 rings (SSSR count). The van der Waals surface area contributed by atoms with Crippen LogP contribution in [0.1, 0.15) is 27.6 Å². The summed E-state index contributed by atoms with van der Waals surface area (Å²) in [5, 5.41) is 5.19. The third kappa shape index (κ3) is 4.04. The van der Waals surface area contributed by atoms with Crippen LogP contribution < -0.4 is 11.1 Å². The lowest BCUT2D eigenvalue weighted by molar-refractivity contribution is -0.120. The Kier molecular flexibility index (Phi) is 5.30. The van der Waals surface area contributed by atoms with Gasteiger partial charge >= 0.3 is 0 Å². The molecular formula is C18H18N4OS. The van der Waals surface area contributed by atoms with Gasteiger partial charge in [0.15, 0.2) is 0 Å². The summed E-state index contributed by atoms with van der Waals surface area (Å²) in [5.74, 6) is -0.375. The van der Waals surface area contributed by atoms with E-state index < -0.39 is 6.04 Å². The monoisotopic (exact) mass is 338 g/mol. The average Bonchev–Trinajstić information content (AvgIpc) is 3.11. The van der Waals surface area contributed by atoms with Crippen LogP contribution in [0.25, 0.3) is 0 Å². The van der Waals surface area contributed by atoms with E-state index in [0.29, 0.717) is 6.54 Å². The molecule has 122 valence electrons. The van der Waals surface area contributed by atoms with Gasteiger partial charge in [-0.05, 0) is 40.3 Å². The number of primary amides is 1. The van der Waals surface area contributed by atoms with Gasteiger partial charge in [-0.3, -0.25) is 20.1 Å². The Hall–Kier alpha value is -2.57. The Morgan fingerprint density at radius 1 is 1.12 bits per heavy atom. The van der Waals surface area contributed by atoms with E-state index in [1.54, 1.807) is 12.4 Å². The first-order valence-corrected chi connectivity index (χ1v) is 8.49. The zero-order chi connectivity index (χ0) is 16.8. The predicted octanol–water partition coefficient (Wildman–Crippen LogP) is 2.45. The van der Waals surface area contributed by atoms with Gasteiger partial charge in [0.1, 0.15) is 6.04 Å². The maximum absolute atomic E-state index is 11.7. The summed E-state index contributed by atoms with van der Waals surface area (Å²) in [5.41, 5.74) is 8.86. The standard InChI is InChI=1S/C18H18N4OS/c19-18(23)17(16-4-2-8-24-16)22-12-14-5-7-21-11-15(14)9-13-3-1-6-20-10-13/h1-8,10-11,17,22H,9,12H2,(H2,19,23). The summed E-state index contributed by atoms with van der Waals surface area (Å²) in [4.78, 5) is 21.0. The van der Waals surface area contributed by atoms with E-state index in [2.05, 4.69) is 15.3 Å². The smallest absolute Gasteiger partial charge is 0.240 e. The van der Waals surface area contributed by atoms with Gasteiger partial charge in [0.2, 0.25) is 5.91 Å². The van der Waals surface area contributed by atoms with Gasteiger partial charge in [-0.1, -0.05) is 12.1 Å². The zero-order valence-electron chi connectivity index (χ0n) is 13.1. The second kappa shape index (κ2) is 7.81. The molecule has 3 heterocycles. The fourth-order valence-corrected chi connectivity index (χ4v) is 3.33. The molecule has 0 aliphatic heterocycles. The van der Waals surface area contributed by atoms with E-state index in [-0.39, 0.29) is 5.91 Å². The molecular weight excluding hydrogens is 320 g/mol. The Balaban J connectivity index is 1.74. The van der Waals surface area contributed by atoms with Crippen LogP contribution in [-0.2, 0) is 17.8 Å². The van der Waals surface area contributed by atoms with Crippen molar-refractivity contribution < 1.29 is 4.79 Å². The number of rotatable bonds is 7. The highest BCUT2D eigenvalue weighted by molar-refractivity contribution is 7.10. The van der Waals surface area contributed by atoms with Gasteiger partial charge in [0.25, 0.3) is 0 Å². The van der Waals surface area contributed by atoms with Gasteiger partial charge in [-0.25, -0.2) is 0 Å². The number of amides is 1. The first-order chi connectivity index (χ1) is 11.7. The second-order valence-corrected chi connectivity index (χ2v) is 6.39. The van der Waals surface area contributed by atoms with Crippen molar-refractivity contribution in [1.82, 2.24) is 15.3 Å². The minimum absolute atomic E-state index is 0.375. The minimum Gasteiger partial charge on any atom is -0.368 e. The molecule has 1 amide bonds. The zero-order valence-corrected chi connectivity index (χ0v) is 13.9. The molecule has 3 aromatic heterocycles.